The lowest BCUT2D eigenvalue weighted by Crippen LogP contribution is -2.46. The summed E-state index contributed by atoms with van der Waals surface area (Å²) in [6.45, 7) is 2.57. The summed E-state index contributed by atoms with van der Waals surface area (Å²) >= 11 is 0. The molecule has 1 aliphatic heterocycles. The summed E-state index contributed by atoms with van der Waals surface area (Å²) < 4.78 is 25.6. The van der Waals surface area contributed by atoms with Gasteiger partial charge in [-0.2, -0.15) is 4.31 Å². The number of nitrogens with zero attached hydrogens (tertiary/aromatic N) is 2. The van der Waals surface area contributed by atoms with Gasteiger partial charge in [0.25, 0.3) is 0 Å². The average molecular weight is 278 g/mol. The molecular formula is C10H16ClN3O2S. The third-order valence-corrected chi connectivity index (χ3v) is 4.39. The fourth-order valence-electron chi connectivity index (χ4n) is 1.71. The molecule has 0 unspecified atom stereocenters. The van der Waals surface area contributed by atoms with E-state index in [0.717, 1.165) is 18.7 Å². The molecule has 5 nitrogen and oxygen atoms in total. The standard InChI is InChI=1S/C10H15N3O2S.ClH/c14-16(15,13-6-4-11-5-7-13)9-10-2-1-3-12-8-10;/h1-3,8,11H,4-7,9H2;1H. The van der Waals surface area contributed by atoms with Gasteiger partial charge in [-0.3, -0.25) is 4.98 Å². The zero-order valence-corrected chi connectivity index (χ0v) is 11.0. The fourth-order valence-corrected chi connectivity index (χ4v) is 3.22. The molecule has 0 bridgehead atoms. The van der Waals surface area contributed by atoms with Gasteiger partial charge in [-0.05, 0) is 11.6 Å². The van der Waals surface area contributed by atoms with Crippen molar-refractivity contribution in [3.05, 3.63) is 30.1 Å². The Morgan fingerprint density at radius 1 is 1.35 bits per heavy atom. The van der Waals surface area contributed by atoms with Gasteiger partial charge in [-0.1, -0.05) is 6.07 Å². The Hall–Kier alpha value is -0.690. The lowest BCUT2D eigenvalue weighted by Gasteiger charge is -2.26. The van der Waals surface area contributed by atoms with Crippen molar-refractivity contribution in [2.45, 2.75) is 5.75 Å². The second kappa shape index (κ2) is 6.30. The van der Waals surface area contributed by atoms with E-state index in [1.807, 2.05) is 0 Å². The van der Waals surface area contributed by atoms with Crippen LogP contribution in [0, 0.1) is 0 Å². The summed E-state index contributed by atoms with van der Waals surface area (Å²) in [6, 6.07) is 3.54. The lowest BCUT2D eigenvalue weighted by molar-refractivity contribution is 0.360. The topological polar surface area (TPSA) is 62.3 Å². The van der Waals surface area contributed by atoms with Crippen LogP contribution in [0.25, 0.3) is 0 Å². The van der Waals surface area contributed by atoms with E-state index in [1.54, 1.807) is 24.5 Å². The number of pyridine rings is 1. The van der Waals surface area contributed by atoms with Crippen molar-refractivity contribution in [2.75, 3.05) is 26.2 Å². The molecule has 1 N–H and O–H groups in total. The van der Waals surface area contributed by atoms with Crippen molar-refractivity contribution in [3.8, 4) is 0 Å². The van der Waals surface area contributed by atoms with E-state index >= 15 is 0 Å². The Balaban J connectivity index is 0.00000144. The average Bonchev–Trinajstić information content (AvgIpc) is 2.31. The predicted octanol–water partition coefficient (Wildman–Crippen LogP) is 0.238. The molecule has 1 saturated heterocycles. The highest BCUT2D eigenvalue weighted by molar-refractivity contribution is 7.88. The maximum atomic E-state index is 12.0. The van der Waals surface area contributed by atoms with Gasteiger partial charge in [0, 0.05) is 38.6 Å². The zero-order chi connectivity index (χ0) is 11.4. The van der Waals surface area contributed by atoms with Crippen LogP contribution in [0.2, 0.25) is 0 Å². The smallest absolute Gasteiger partial charge is 0.218 e. The predicted molar refractivity (Wildman–Crippen MR) is 68.6 cm³/mol. The van der Waals surface area contributed by atoms with Gasteiger partial charge in [0.2, 0.25) is 10.0 Å². The van der Waals surface area contributed by atoms with E-state index in [-0.39, 0.29) is 18.2 Å². The van der Waals surface area contributed by atoms with Crippen molar-refractivity contribution in [1.29, 1.82) is 0 Å². The monoisotopic (exact) mass is 277 g/mol. The van der Waals surface area contributed by atoms with E-state index in [0.29, 0.717) is 13.1 Å². The molecule has 1 aromatic heterocycles. The quantitative estimate of drug-likeness (QED) is 0.860. The van der Waals surface area contributed by atoms with Gasteiger partial charge >= 0.3 is 0 Å². The molecule has 7 heteroatoms. The summed E-state index contributed by atoms with van der Waals surface area (Å²) in [6.07, 6.45) is 3.24. The van der Waals surface area contributed by atoms with Crippen LogP contribution in [0.15, 0.2) is 24.5 Å². The first-order valence-corrected chi connectivity index (χ1v) is 6.87. The molecule has 2 heterocycles. The Morgan fingerprint density at radius 2 is 2.06 bits per heavy atom. The highest BCUT2D eigenvalue weighted by Gasteiger charge is 2.23. The van der Waals surface area contributed by atoms with Gasteiger partial charge in [0.15, 0.2) is 0 Å². The van der Waals surface area contributed by atoms with Crippen LogP contribution >= 0.6 is 12.4 Å². The summed E-state index contributed by atoms with van der Waals surface area (Å²) in [5.41, 5.74) is 0.737. The molecule has 1 aromatic rings. The third kappa shape index (κ3) is 3.92. The molecular weight excluding hydrogens is 262 g/mol. The van der Waals surface area contributed by atoms with E-state index in [4.69, 9.17) is 0 Å². The van der Waals surface area contributed by atoms with Crippen molar-refractivity contribution < 1.29 is 8.42 Å². The molecule has 0 spiro atoms. The minimum absolute atomic E-state index is 0. The largest absolute Gasteiger partial charge is 0.314 e. The summed E-state index contributed by atoms with van der Waals surface area (Å²) in [5.74, 6) is 0.0425. The third-order valence-electron chi connectivity index (χ3n) is 2.54. The first-order valence-electron chi connectivity index (χ1n) is 5.26. The number of piperazine rings is 1. The lowest BCUT2D eigenvalue weighted by atomic mass is 10.3. The SMILES string of the molecule is Cl.O=S(=O)(Cc1cccnc1)N1CCNCC1. The molecule has 1 aliphatic rings. The van der Waals surface area contributed by atoms with E-state index < -0.39 is 10.0 Å². The molecule has 96 valence electrons. The molecule has 0 atom stereocenters. The number of halogens is 1. The number of hydrogen-bond donors (Lipinski definition) is 1. The molecule has 0 aromatic carbocycles. The molecule has 0 aliphatic carbocycles. The first-order chi connectivity index (χ1) is 7.68. The van der Waals surface area contributed by atoms with Gasteiger partial charge in [-0.25, -0.2) is 8.42 Å². The summed E-state index contributed by atoms with van der Waals surface area (Å²) in [5, 5.41) is 3.13. The van der Waals surface area contributed by atoms with Gasteiger partial charge in [0.1, 0.15) is 0 Å². The number of aromatic nitrogens is 1. The Bertz CT molecular complexity index is 432. The number of sulfonamides is 1. The Morgan fingerprint density at radius 3 is 2.65 bits per heavy atom. The van der Waals surface area contributed by atoms with Gasteiger partial charge < -0.3 is 5.32 Å². The maximum Gasteiger partial charge on any atom is 0.218 e. The van der Waals surface area contributed by atoms with E-state index in [2.05, 4.69) is 10.3 Å². The minimum Gasteiger partial charge on any atom is -0.314 e. The second-order valence-electron chi connectivity index (χ2n) is 3.77. The van der Waals surface area contributed by atoms with Gasteiger partial charge in [-0.15, -0.1) is 12.4 Å². The Kier molecular flexibility index (Phi) is 5.32. The molecule has 0 amide bonds. The maximum absolute atomic E-state index is 12.0. The van der Waals surface area contributed by atoms with Crippen molar-refractivity contribution in [2.24, 2.45) is 0 Å². The van der Waals surface area contributed by atoms with E-state index in [1.165, 1.54) is 4.31 Å². The molecule has 17 heavy (non-hydrogen) atoms. The molecule has 0 radical (unpaired) electrons. The number of rotatable bonds is 3. The molecule has 0 saturated carbocycles. The number of hydrogen-bond acceptors (Lipinski definition) is 4. The molecule has 1 fully saturated rings. The van der Waals surface area contributed by atoms with Crippen molar-refractivity contribution >= 4 is 22.4 Å². The summed E-state index contributed by atoms with van der Waals surface area (Å²) in [7, 11) is -3.18. The van der Waals surface area contributed by atoms with Crippen LogP contribution in [0.3, 0.4) is 0 Å². The normalized spacial score (nSPS) is 17.4. The highest BCUT2D eigenvalue weighted by atomic mass is 35.5. The first kappa shape index (κ1) is 14.4. The zero-order valence-electron chi connectivity index (χ0n) is 9.37. The summed E-state index contributed by atoms with van der Waals surface area (Å²) in [4.78, 5) is 3.92. The number of nitrogens with one attached hydrogen (secondary N) is 1. The van der Waals surface area contributed by atoms with Crippen LogP contribution in [-0.4, -0.2) is 43.9 Å². The van der Waals surface area contributed by atoms with Crippen molar-refractivity contribution in [3.63, 3.8) is 0 Å². The van der Waals surface area contributed by atoms with E-state index in [9.17, 15) is 8.42 Å². The molecule has 2 rings (SSSR count). The van der Waals surface area contributed by atoms with Crippen LogP contribution in [0.1, 0.15) is 5.56 Å². The van der Waals surface area contributed by atoms with Crippen LogP contribution in [0.4, 0.5) is 0 Å². The minimum atomic E-state index is -3.18. The van der Waals surface area contributed by atoms with Gasteiger partial charge in [0.05, 0.1) is 5.75 Å². The van der Waals surface area contributed by atoms with Crippen molar-refractivity contribution in [1.82, 2.24) is 14.6 Å². The van der Waals surface area contributed by atoms with Crippen LogP contribution in [0.5, 0.6) is 0 Å². The van der Waals surface area contributed by atoms with Crippen LogP contribution < -0.4 is 5.32 Å². The van der Waals surface area contributed by atoms with Crippen LogP contribution in [-0.2, 0) is 15.8 Å². The fraction of sp³-hybridized carbons (Fsp3) is 0.500. The highest BCUT2D eigenvalue weighted by Crippen LogP contribution is 2.10. The Labute approximate surface area is 108 Å². The second-order valence-corrected chi connectivity index (χ2v) is 5.74.